The summed E-state index contributed by atoms with van der Waals surface area (Å²) in [6, 6.07) is 5.70. The fourth-order valence-electron chi connectivity index (χ4n) is 2.44. The highest BCUT2D eigenvalue weighted by Gasteiger charge is 2.32. The Labute approximate surface area is 139 Å². The Morgan fingerprint density at radius 3 is 2.92 bits per heavy atom. The Balaban J connectivity index is 1.64. The summed E-state index contributed by atoms with van der Waals surface area (Å²) < 4.78 is 48.1. The molecule has 134 valence electrons. The predicted molar refractivity (Wildman–Crippen MR) is 78.1 cm³/mol. The first kappa shape index (κ1) is 17.0. The third-order valence-corrected chi connectivity index (χ3v) is 3.52. The number of imidazole rings is 1. The van der Waals surface area contributed by atoms with Crippen LogP contribution < -0.4 is 14.8 Å². The number of hydrogen-bond acceptors (Lipinski definition) is 6. The lowest BCUT2D eigenvalue weighted by molar-refractivity contribution is -0.389. The topological polar surface area (TPSA) is 91.5 Å². The molecular weight excluding hydrogens is 345 g/mol. The number of fused-ring (bicyclic) bond motifs is 1. The first-order valence-electron chi connectivity index (χ1n) is 7.23. The van der Waals surface area contributed by atoms with E-state index >= 15 is 0 Å². The number of aromatic nitrogens is 2. The highest BCUT2D eigenvalue weighted by atomic mass is 19.4. The summed E-state index contributed by atoms with van der Waals surface area (Å²) in [5, 5.41) is 13.8. The van der Waals surface area contributed by atoms with Gasteiger partial charge in [0, 0.05) is 23.6 Å². The van der Waals surface area contributed by atoms with E-state index in [9.17, 15) is 23.3 Å². The fourth-order valence-corrected chi connectivity index (χ4v) is 2.44. The summed E-state index contributed by atoms with van der Waals surface area (Å²) in [5.41, 5.74) is 0.335. The highest BCUT2D eigenvalue weighted by Crippen LogP contribution is 2.26. The summed E-state index contributed by atoms with van der Waals surface area (Å²) in [6.07, 6.45) is -3.52. The molecule has 2 aromatic rings. The molecule has 25 heavy (non-hydrogen) atoms. The normalized spacial score (nSPS) is 16.8. The van der Waals surface area contributed by atoms with E-state index in [1.165, 1.54) is 29.0 Å². The number of benzene rings is 1. The zero-order chi connectivity index (χ0) is 18.0. The summed E-state index contributed by atoms with van der Waals surface area (Å²) in [5.74, 6) is -0.599. The van der Waals surface area contributed by atoms with E-state index in [4.69, 9.17) is 4.74 Å². The molecule has 0 aliphatic carbocycles. The molecule has 1 aromatic carbocycles. The van der Waals surface area contributed by atoms with E-state index < -0.39 is 11.3 Å². The largest absolute Gasteiger partial charge is 0.573 e. The SMILES string of the molecule is O=[N+]([O-])c1cn2c(n1)OC[C@H](NCc1ccccc1OC(F)(F)F)C2. The molecule has 1 aromatic heterocycles. The summed E-state index contributed by atoms with van der Waals surface area (Å²) in [7, 11) is 0. The molecule has 1 aliphatic rings. The molecule has 0 saturated heterocycles. The Morgan fingerprint density at radius 1 is 1.44 bits per heavy atom. The number of nitrogens with zero attached hydrogens (tertiary/aromatic N) is 3. The van der Waals surface area contributed by atoms with Crippen LogP contribution in [0.4, 0.5) is 19.0 Å². The third kappa shape index (κ3) is 4.18. The lowest BCUT2D eigenvalue weighted by Gasteiger charge is -2.23. The number of hydrogen-bond donors (Lipinski definition) is 1. The zero-order valence-corrected chi connectivity index (χ0v) is 12.7. The Bertz CT molecular complexity index is 778. The van der Waals surface area contributed by atoms with Crippen molar-refractivity contribution in [3.05, 3.63) is 46.1 Å². The van der Waals surface area contributed by atoms with Crippen LogP contribution in [0.15, 0.2) is 30.5 Å². The van der Waals surface area contributed by atoms with Crippen LogP contribution in [-0.4, -0.2) is 33.5 Å². The predicted octanol–water partition coefficient (Wildman–Crippen LogP) is 2.24. The number of para-hydroxylation sites is 1. The van der Waals surface area contributed by atoms with Crippen LogP contribution >= 0.6 is 0 Å². The highest BCUT2D eigenvalue weighted by molar-refractivity contribution is 5.33. The van der Waals surface area contributed by atoms with Crippen LogP contribution in [-0.2, 0) is 13.1 Å². The molecule has 2 heterocycles. The van der Waals surface area contributed by atoms with Crippen LogP contribution in [0.3, 0.4) is 0 Å². The molecule has 1 N–H and O–H groups in total. The molecule has 0 amide bonds. The Hall–Kier alpha value is -2.82. The van der Waals surface area contributed by atoms with Crippen molar-refractivity contribution in [2.24, 2.45) is 0 Å². The number of alkyl halides is 3. The van der Waals surface area contributed by atoms with Crippen LogP contribution in [0.5, 0.6) is 11.8 Å². The maximum atomic E-state index is 12.4. The van der Waals surface area contributed by atoms with Gasteiger partial charge in [-0.3, -0.25) is 4.57 Å². The van der Waals surface area contributed by atoms with E-state index in [-0.39, 0.29) is 36.8 Å². The van der Waals surface area contributed by atoms with Crippen molar-refractivity contribution in [2.75, 3.05) is 6.61 Å². The van der Waals surface area contributed by atoms with Crippen molar-refractivity contribution in [3.8, 4) is 11.8 Å². The number of nitrogens with one attached hydrogen (secondary N) is 1. The minimum absolute atomic E-state index is 0.117. The lowest BCUT2D eigenvalue weighted by atomic mass is 10.2. The second-order valence-electron chi connectivity index (χ2n) is 5.34. The van der Waals surface area contributed by atoms with Gasteiger partial charge in [-0.15, -0.1) is 13.2 Å². The fraction of sp³-hybridized carbons (Fsp3) is 0.357. The van der Waals surface area contributed by atoms with Gasteiger partial charge in [0.1, 0.15) is 18.6 Å². The van der Waals surface area contributed by atoms with Gasteiger partial charge in [-0.2, -0.15) is 0 Å². The maximum absolute atomic E-state index is 12.4. The maximum Gasteiger partial charge on any atom is 0.573 e. The van der Waals surface area contributed by atoms with Gasteiger partial charge in [0.25, 0.3) is 0 Å². The average molecular weight is 358 g/mol. The third-order valence-electron chi connectivity index (χ3n) is 3.52. The van der Waals surface area contributed by atoms with Crippen molar-refractivity contribution in [1.29, 1.82) is 0 Å². The molecule has 3 rings (SSSR count). The first-order chi connectivity index (χ1) is 11.8. The van der Waals surface area contributed by atoms with E-state index in [0.29, 0.717) is 12.1 Å². The number of ether oxygens (including phenoxy) is 2. The molecule has 0 unspecified atom stereocenters. The molecule has 0 fully saturated rings. The van der Waals surface area contributed by atoms with Crippen molar-refractivity contribution >= 4 is 5.82 Å². The summed E-state index contributed by atoms with van der Waals surface area (Å²) in [6.45, 7) is 0.654. The minimum Gasteiger partial charge on any atom is -0.444 e. The molecule has 1 atom stereocenters. The average Bonchev–Trinajstić information content (AvgIpc) is 2.96. The minimum atomic E-state index is -4.77. The van der Waals surface area contributed by atoms with Crippen molar-refractivity contribution < 1.29 is 27.6 Å². The van der Waals surface area contributed by atoms with E-state index in [1.54, 1.807) is 6.07 Å². The number of halogens is 3. The number of nitro groups is 1. The number of rotatable bonds is 5. The van der Waals surface area contributed by atoms with Gasteiger partial charge in [-0.1, -0.05) is 18.2 Å². The monoisotopic (exact) mass is 358 g/mol. The van der Waals surface area contributed by atoms with Crippen LogP contribution in [0.1, 0.15) is 5.56 Å². The van der Waals surface area contributed by atoms with Crippen LogP contribution in [0, 0.1) is 10.1 Å². The Kier molecular flexibility index (Phi) is 4.49. The van der Waals surface area contributed by atoms with Crippen molar-refractivity contribution in [3.63, 3.8) is 0 Å². The van der Waals surface area contributed by atoms with Crippen molar-refractivity contribution in [1.82, 2.24) is 14.9 Å². The molecule has 0 radical (unpaired) electrons. The smallest absolute Gasteiger partial charge is 0.444 e. The van der Waals surface area contributed by atoms with Gasteiger partial charge in [-0.25, -0.2) is 0 Å². The van der Waals surface area contributed by atoms with Gasteiger partial charge in [-0.05, 0) is 11.0 Å². The molecule has 1 aliphatic heterocycles. The summed E-state index contributed by atoms with van der Waals surface area (Å²) >= 11 is 0. The first-order valence-corrected chi connectivity index (χ1v) is 7.23. The van der Waals surface area contributed by atoms with Gasteiger partial charge in [0.2, 0.25) is 0 Å². The quantitative estimate of drug-likeness (QED) is 0.651. The molecular formula is C14H13F3N4O4. The zero-order valence-electron chi connectivity index (χ0n) is 12.7. The van der Waals surface area contributed by atoms with Crippen molar-refractivity contribution in [2.45, 2.75) is 25.5 Å². The molecule has 0 spiro atoms. The van der Waals surface area contributed by atoms with E-state index in [0.717, 1.165) is 0 Å². The molecule has 0 bridgehead atoms. The summed E-state index contributed by atoms with van der Waals surface area (Å²) in [4.78, 5) is 13.8. The van der Waals surface area contributed by atoms with E-state index in [2.05, 4.69) is 15.0 Å². The second-order valence-corrected chi connectivity index (χ2v) is 5.34. The van der Waals surface area contributed by atoms with Crippen LogP contribution in [0.25, 0.3) is 0 Å². The van der Waals surface area contributed by atoms with Gasteiger partial charge in [0.15, 0.2) is 0 Å². The Morgan fingerprint density at radius 2 is 2.20 bits per heavy atom. The van der Waals surface area contributed by atoms with E-state index in [1.807, 2.05) is 0 Å². The van der Waals surface area contributed by atoms with Gasteiger partial charge in [0.05, 0.1) is 6.04 Å². The lowest BCUT2D eigenvalue weighted by Crippen LogP contribution is -2.41. The van der Waals surface area contributed by atoms with Gasteiger partial charge >= 0.3 is 18.2 Å². The standard InChI is InChI=1S/C14H13F3N4O4/c15-14(16,17)25-11-4-2-1-3-9(11)5-18-10-6-20-7-12(21(22)23)19-13(20)24-8-10/h1-4,7,10,18H,5-6,8H2/t10-/m1/s1. The second kappa shape index (κ2) is 6.59. The van der Waals surface area contributed by atoms with Gasteiger partial charge < -0.3 is 24.9 Å². The molecule has 8 nitrogen and oxygen atoms in total. The van der Waals surface area contributed by atoms with Crippen LogP contribution in [0.2, 0.25) is 0 Å². The molecule has 11 heteroatoms. The molecule has 0 saturated carbocycles.